The third kappa shape index (κ3) is 3.99. The number of hydrogen-bond acceptors (Lipinski definition) is 5. The first-order chi connectivity index (χ1) is 15.7. The summed E-state index contributed by atoms with van der Waals surface area (Å²) in [5, 5.41) is 14.5. The smallest absolute Gasteiger partial charge is 0.279 e. The number of pyridine rings is 1. The summed E-state index contributed by atoms with van der Waals surface area (Å²) in [7, 11) is 0. The fraction of sp³-hybridized carbons (Fsp3) is 0.227. The summed E-state index contributed by atoms with van der Waals surface area (Å²) in [4.78, 5) is 40.7. The van der Waals surface area contributed by atoms with E-state index in [4.69, 9.17) is 0 Å². The summed E-state index contributed by atoms with van der Waals surface area (Å²) in [5.41, 5.74) is -1.71. The number of rotatable bonds is 5. The number of carbonyl (C=O) groups is 2. The highest BCUT2D eigenvalue weighted by Crippen LogP contribution is 2.31. The lowest BCUT2D eigenvalue weighted by molar-refractivity contribution is 0.0934. The molecule has 0 spiro atoms. The molecule has 33 heavy (non-hydrogen) atoms. The first-order valence-electron chi connectivity index (χ1n) is 9.99. The van der Waals surface area contributed by atoms with Crippen LogP contribution in [0, 0.1) is 17.5 Å². The average molecular weight is 477 g/mol. The number of amides is 2. The molecule has 0 saturated carbocycles. The molecule has 3 aromatic rings. The monoisotopic (exact) mass is 477 g/mol. The molecule has 0 radical (unpaired) electrons. The van der Waals surface area contributed by atoms with Gasteiger partial charge in [0, 0.05) is 48.4 Å². The van der Waals surface area contributed by atoms with Crippen molar-refractivity contribution >= 4 is 28.8 Å². The Morgan fingerprint density at radius 3 is 2.55 bits per heavy atom. The molecule has 2 amide bonds. The van der Waals surface area contributed by atoms with Gasteiger partial charge in [0.2, 0.25) is 5.43 Å². The predicted molar refractivity (Wildman–Crippen MR) is 115 cm³/mol. The second-order valence-corrected chi connectivity index (χ2v) is 8.33. The molecule has 172 valence electrons. The number of anilines is 1. The molecule has 1 aliphatic heterocycles. The molecule has 0 atom stereocenters. The largest absolute Gasteiger partial charge is 0.503 e. The minimum Gasteiger partial charge on any atom is -0.503 e. The standard InChI is InChI=1S/C22H18F3N3O4S/c1-2-17-16(3-6-33-17)28-5-4-27-10-13(19(29)20(30)18(27)22(28)32)21(31)26-9-12-14(24)7-11(23)8-15(12)25/h3,6-8,10,30H,2,4-5,9H2,1H3,(H,26,31). The van der Waals surface area contributed by atoms with E-state index in [-0.39, 0.29) is 18.8 Å². The summed E-state index contributed by atoms with van der Waals surface area (Å²) in [6.07, 6.45) is 1.84. The quantitative estimate of drug-likeness (QED) is 0.591. The minimum atomic E-state index is -1.19. The Morgan fingerprint density at radius 2 is 1.88 bits per heavy atom. The van der Waals surface area contributed by atoms with Crippen molar-refractivity contribution in [1.29, 1.82) is 0 Å². The van der Waals surface area contributed by atoms with E-state index < -0.39 is 58.1 Å². The van der Waals surface area contributed by atoms with Gasteiger partial charge >= 0.3 is 0 Å². The molecule has 1 aromatic carbocycles. The van der Waals surface area contributed by atoms with Gasteiger partial charge in [0.1, 0.15) is 23.0 Å². The summed E-state index contributed by atoms with van der Waals surface area (Å²) >= 11 is 1.49. The third-order valence-corrected chi connectivity index (χ3v) is 6.43. The number of nitrogens with one attached hydrogen (secondary N) is 1. The lowest BCUT2D eigenvalue weighted by atomic mass is 10.1. The van der Waals surface area contributed by atoms with Crippen molar-refractivity contribution in [2.24, 2.45) is 0 Å². The maximum absolute atomic E-state index is 13.8. The van der Waals surface area contributed by atoms with E-state index >= 15 is 0 Å². The third-order valence-electron chi connectivity index (χ3n) is 5.38. The molecule has 11 heteroatoms. The van der Waals surface area contributed by atoms with Gasteiger partial charge < -0.3 is 19.9 Å². The van der Waals surface area contributed by atoms with Crippen molar-refractivity contribution in [3.05, 3.63) is 79.1 Å². The molecule has 0 saturated heterocycles. The maximum Gasteiger partial charge on any atom is 0.279 e. The van der Waals surface area contributed by atoms with Crippen LogP contribution in [0.25, 0.3) is 0 Å². The van der Waals surface area contributed by atoms with Crippen LogP contribution < -0.4 is 15.6 Å². The van der Waals surface area contributed by atoms with Crippen LogP contribution in [-0.4, -0.2) is 28.0 Å². The number of aromatic nitrogens is 1. The van der Waals surface area contributed by atoms with Gasteiger partial charge in [-0.05, 0) is 17.9 Å². The Bertz CT molecular complexity index is 1310. The Hall–Kier alpha value is -3.60. The number of benzene rings is 1. The number of hydrogen-bond donors (Lipinski definition) is 2. The van der Waals surface area contributed by atoms with Crippen LogP contribution in [-0.2, 0) is 19.5 Å². The normalized spacial score (nSPS) is 13.2. The topological polar surface area (TPSA) is 91.6 Å². The number of fused-ring (bicyclic) bond motifs is 1. The van der Waals surface area contributed by atoms with Crippen LogP contribution in [0.3, 0.4) is 0 Å². The molecule has 0 fully saturated rings. The van der Waals surface area contributed by atoms with Crippen LogP contribution >= 0.6 is 11.3 Å². The predicted octanol–water partition coefficient (Wildman–Crippen LogP) is 3.19. The SMILES string of the molecule is CCc1sccc1N1CCn2cc(C(=O)NCc3c(F)cc(F)cc3F)c(=O)c(O)c2C1=O. The van der Waals surface area contributed by atoms with Crippen LogP contribution in [0.15, 0.2) is 34.6 Å². The number of aryl methyl sites for hydroxylation is 1. The van der Waals surface area contributed by atoms with Crippen LogP contribution in [0.1, 0.15) is 38.2 Å². The molecule has 0 bridgehead atoms. The van der Waals surface area contributed by atoms with Gasteiger partial charge in [0.25, 0.3) is 11.8 Å². The summed E-state index contributed by atoms with van der Waals surface area (Å²) in [6.45, 7) is 1.76. The van der Waals surface area contributed by atoms with E-state index in [2.05, 4.69) is 5.32 Å². The Labute approximate surface area is 189 Å². The fourth-order valence-corrected chi connectivity index (χ4v) is 4.55. The molecule has 7 nitrogen and oxygen atoms in total. The second kappa shape index (κ2) is 8.74. The minimum absolute atomic E-state index is 0.204. The molecule has 2 N–H and O–H groups in total. The zero-order valence-electron chi connectivity index (χ0n) is 17.3. The molecular formula is C22H18F3N3O4S. The fourth-order valence-electron chi connectivity index (χ4n) is 3.72. The van der Waals surface area contributed by atoms with Crippen molar-refractivity contribution in [2.75, 3.05) is 11.4 Å². The molecule has 1 aliphatic rings. The Kier molecular flexibility index (Phi) is 5.98. The van der Waals surface area contributed by atoms with Crippen LogP contribution in [0.5, 0.6) is 5.75 Å². The first-order valence-corrected chi connectivity index (χ1v) is 10.9. The van der Waals surface area contributed by atoms with Crippen molar-refractivity contribution in [2.45, 2.75) is 26.4 Å². The molecule has 3 heterocycles. The Balaban J connectivity index is 1.62. The lowest BCUT2D eigenvalue weighted by Gasteiger charge is -2.30. The Morgan fingerprint density at radius 1 is 1.18 bits per heavy atom. The van der Waals surface area contributed by atoms with Gasteiger partial charge in [0.15, 0.2) is 11.4 Å². The second-order valence-electron chi connectivity index (χ2n) is 7.33. The van der Waals surface area contributed by atoms with E-state index in [1.165, 1.54) is 20.8 Å². The highest BCUT2D eigenvalue weighted by molar-refractivity contribution is 7.10. The molecule has 0 unspecified atom stereocenters. The van der Waals surface area contributed by atoms with Crippen LogP contribution in [0.2, 0.25) is 0 Å². The number of halogens is 3. The van der Waals surface area contributed by atoms with Crippen molar-refractivity contribution in [1.82, 2.24) is 9.88 Å². The number of thiophene rings is 1. The molecule has 4 rings (SSSR count). The average Bonchev–Trinajstić information content (AvgIpc) is 3.23. The van der Waals surface area contributed by atoms with Gasteiger partial charge in [-0.2, -0.15) is 0 Å². The lowest BCUT2D eigenvalue weighted by Crippen LogP contribution is -2.43. The number of carbonyl (C=O) groups excluding carboxylic acids is 2. The summed E-state index contributed by atoms with van der Waals surface area (Å²) in [6, 6.07) is 2.74. The van der Waals surface area contributed by atoms with E-state index in [0.717, 1.165) is 11.1 Å². The van der Waals surface area contributed by atoms with Gasteiger partial charge in [-0.15, -0.1) is 11.3 Å². The maximum atomic E-state index is 13.8. The molecule has 2 aromatic heterocycles. The highest BCUT2D eigenvalue weighted by atomic mass is 32.1. The van der Waals surface area contributed by atoms with Crippen molar-refractivity contribution in [3.63, 3.8) is 0 Å². The van der Waals surface area contributed by atoms with Crippen LogP contribution in [0.4, 0.5) is 18.9 Å². The van der Waals surface area contributed by atoms with Crippen molar-refractivity contribution < 1.29 is 27.9 Å². The zero-order valence-corrected chi connectivity index (χ0v) is 18.1. The van der Waals surface area contributed by atoms with Gasteiger partial charge in [-0.25, -0.2) is 13.2 Å². The summed E-state index contributed by atoms with van der Waals surface area (Å²) < 4.78 is 42.0. The van der Waals surface area contributed by atoms with Gasteiger partial charge in [-0.1, -0.05) is 6.92 Å². The van der Waals surface area contributed by atoms with E-state index in [1.54, 1.807) is 6.07 Å². The van der Waals surface area contributed by atoms with E-state index in [1.807, 2.05) is 12.3 Å². The number of nitrogens with zero attached hydrogens (tertiary/aromatic N) is 2. The zero-order chi connectivity index (χ0) is 23.9. The van der Waals surface area contributed by atoms with E-state index in [0.29, 0.717) is 24.2 Å². The number of aromatic hydroxyl groups is 1. The van der Waals surface area contributed by atoms with Gasteiger partial charge in [0.05, 0.1) is 5.69 Å². The van der Waals surface area contributed by atoms with Crippen molar-refractivity contribution in [3.8, 4) is 5.75 Å². The highest BCUT2D eigenvalue weighted by Gasteiger charge is 2.32. The van der Waals surface area contributed by atoms with E-state index in [9.17, 15) is 32.7 Å². The first kappa shape index (κ1) is 22.6. The van der Waals surface area contributed by atoms with Gasteiger partial charge in [-0.3, -0.25) is 14.4 Å². The molecular weight excluding hydrogens is 459 g/mol. The summed E-state index contributed by atoms with van der Waals surface area (Å²) in [5.74, 6) is -5.96. The molecule has 0 aliphatic carbocycles.